The molecule has 0 spiro atoms. The molecule has 0 saturated carbocycles. The zero-order valence-electron chi connectivity index (χ0n) is 15.2. The number of carboxylic acid groups (broad SMARTS) is 1. The number of fused-ring (bicyclic) bond motifs is 1. The second-order valence-corrected chi connectivity index (χ2v) is 7.42. The first-order valence-electron chi connectivity index (χ1n) is 9.03. The van der Waals surface area contributed by atoms with Gasteiger partial charge < -0.3 is 19.7 Å². The number of nitrogens with zero attached hydrogens (tertiary/aromatic N) is 2. The summed E-state index contributed by atoms with van der Waals surface area (Å²) < 4.78 is 5.81. The van der Waals surface area contributed by atoms with Crippen molar-refractivity contribution in [3.63, 3.8) is 0 Å². The van der Waals surface area contributed by atoms with E-state index in [-0.39, 0.29) is 17.2 Å². The molecule has 7 heteroatoms. The van der Waals surface area contributed by atoms with E-state index in [1.54, 1.807) is 24.5 Å². The lowest BCUT2D eigenvalue weighted by atomic mass is 9.92. The molecule has 1 saturated heterocycles. The number of carboxylic acids is 1. The van der Waals surface area contributed by atoms with Crippen LogP contribution in [0.25, 0.3) is 17.1 Å². The number of H-pyrrole nitrogens is 1. The number of carbonyl (C=O) groups excluding carboxylic acids is 1. The zero-order chi connectivity index (χ0) is 19.1. The maximum atomic E-state index is 12.7. The number of likely N-dealkylation sites (tertiary alicyclic amines) is 1. The van der Waals surface area contributed by atoms with Gasteiger partial charge in [-0.2, -0.15) is 0 Å². The summed E-state index contributed by atoms with van der Waals surface area (Å²) in [5, 5.41) is 10.4. The molecule has 2 N–H and O–H groups in total. The number of piperidine rings is 1. The number of aromatic amines is 1. The Bertz CT molecular complexity index is 978. The molecule has 2 atom stereocenters. The van der Waals surface area contributed by atoms with Crippen molar-refractivity contribution in [3.8, 4) is 0 Å². The van der Waals surface area contributed by atoms with Gasteiger partial charge in [-0.05, 0) is 36.5 Å². The highest BCUT2D eigenvalue weighted by Crippen LogP contribution is 2.34. The van der Waals surface area contributed by atoms with Gasteiger partial charge in [-0.3, -0.25) is 4.79 Å². The summed E-state index contributed by atoms with van der Waals surface area (Å²) in [7, 11) is 0. The van der Waals surface area contributed by atoms with E-state index in [1.165, 1.54) is 0 Å². The van der Waals surface area contributed by atoms with Crippen molar-refractivity contribution >= 4 is 28.9 Å². The Kier molecular flexibility index (Phi) is 4.22. The van der Waals surface area contributed by atoms with E-state index in [4.69, 9.17) is 4.74 Å². The van der Waals surface area contributed by atoms with Crippen LogP contribution in [0.5, 0.6) is 0 Å². The van der Waals surface area contributed by atoms with Crippen LogP contribution in [0.4, 0.5) is 0 Å². The number of hydrogen-bond acceptors (Lipinski definition) is 5. The Morgan fingerprint density at radius 1 is 1.37 bits per heavy atom. The van der Waals surface area contributed by atoms with E-state index < -0.39 is 11.8 Å². The number of nitrogens with one attached hydrogen (secondary N) is 1. The Morgan fingerprint density at radius 3 is 2.81 bits per heavy atom. The Balaban J connectivity index is 1.70. The highest BCUT2D eigenvalue weighted by atomic mass is 16.5. The minimum atomic E-state index is -1.26. The van der Waals surface area contributed by atoms with Crippen molar-refractivity contribution in [1.82, 2.24) is 14.9 Å². The lowest BCUT2D eigenvalue weighted by Crippen LogP contribution is -2.38. The fraction of sp³-hybridized carbons (Fsp3) is 0.350. The van der Waals surface area contributed by atoms with Crippen LogP contribution in [-0.4, -0.2) is 44.8 Å². The molecule has 1 fully saturated rings. The number of ether oxygens (including phenoxy) is 1. The predicted molar refractivity (Wildman–Crippen MR) is 99.3 cm³/mol. The Hall–Kier alpha value is -3.09. The summed E-state index contributed by atoms with van der Waals surface area (Å²) in [5.74, 6) is -0.856. The summed E-state index contributed by atoms with van der Waals surface area (Å²) in [4.78, 5) is 33.6. The Morgan fingerprint density at radius 2 is 2.11 bits per heavy atom. The van der Waals surface area contributed by atoms with E-state index in [9.17, 15) is 14.7 Å². The van der Waals surface area contributed by atoms with Gasteiger partial charge in [0.1, 0.15) is 5.65 Å². The first-order valence-corrected chi connectivity index (χ1v) is 9.03. The molecule has 2 aliphatic rings. The average molecular weight is 367 g/mol. The largest absolute Gasteiger partial charge is 0.477 e. The van der Waals surface area contributed by atoms with E-state index in [0.717, 1.165) is 17.4 Å². The van der Waals surface area contributed by atoms with Crippen LogP contribution in [0.3, 0.4) is 0 Å². The summed E-state index contributed by atoms with van der Waals surface area (Å²) in [6, 6.07) is 3.68. The average Bonchev–Trinajstić information content (AvgIpc) is 3.16. The van der Waals surface area contributed by atoms with Crippen molar-refractivity contribution in [2.24, 2.45) is 11.8 Å². The smallest absolute Gasteiger partial charge is 0.345 e. The highest BCUT2D eigenvalue weighted by molar-refractivity contribution is 6.26. The molecule has 27 heavy (non-hydrogen) atoms. The molecule has 2 unspecified atom stereocenters. The first-order chi connectivity index (χ1) is 12.9. The Labute approximate surface area is 156 Å². The van der Waals surface area contributed by atoms with Crippen LogP contribution in [0.15, 0.2) is 41.7 Å². The second-order valence-electron chi connectivity index (χ2n) is 7.42. The molecule has 0 radical (unpaired) electrons. The number of rotatable bonds is 3. The molecule has 4 rings (SSSR count). The molecular formula is C20H21N3O4. The molecule has 4 heterocycles. The normalized spacial score (nSPS) is 24.7. The first kappa shape index (κ1) is 17.3. The number of pyridine rings is 1. The fourth-order valence-corrected chi connectivity index (χ4v) is 3.99. The number of carbonyl (C=O) groups is 2. The molecule has 0 aliphatic carbocycles. The molecule has 7 nitrogen and oxygen atoms in total. The van der Waals surface area contributed by atoms with Crippen LogP contribution in [0.1, 0.15) is 25.8 Å². The van der Waals surface area contributed by atoms with E-state index in [0.29, 0.717) is 30.6 Å². The zero-order valence-corrected chi connectivity index (χ0v) is 15.2. The molecule has 2 aromatic rings. The van der Waals surface area contributed by atoms with Gasteiger partial charge in [-0.15, -0.1) is 0 Å². The number of ketones is 1. The third-order valence-electron chi connectivity index (χ3n) is 5.01. The summed E-state index contributed by atoms with van der Waals surface area (Å²) >= 11 is 0. The summed E-state index contributed by atoms with van der Waals surface area (Å²) in [5.41, 5.74) is 1.13. The standard InChI is InChI=1S/C20H21N3O4/c1-11-6-12(2)10-23(9-11)19-16(20(25)26)17(24)15(27-19)7-13-8-22-18-14(13)4-3-5-21-18/h3-5,7-8,11-12H,6,9-10H2,1-2H3,(H,21,22)(H,25,26). The van der Waals surface area contributed by atoms with Crippen LogP contribution >= 0.6 is 0 Å². The number of aromatic nitrogens is 2. The fourth-order valence-electron chi connectivity index (χ4n) is 3.99. The molecule has 0 amide bonds. The second kappa shape index (κ2) is 6.57. The van der Waals surface area contributed by atoms with Gasteiger partial charge in [0.15, 0.2) is 11.3 Å². The predicted octanol–water partition coefficient (Wildman–Crippen LogP) is 2.78. The van der Waals surface area contributed by atoms with Gasteiger partial charge in [-0.25, -0.2) is 9.78 Å². The molecule has 2 aromatic heterocycles. The minimum Gasteiger partial charge on any atom is -0.477 e. The van der Waals surface area contributed by atoms with Gasteiger partial charge in [-0.1, -0.05) is 13.8 Å². The van der Waals surface area contributed by atoms with E-state index in [2.05, 4.69) is 23.8 Å². The van der Waals surface area contributed by atoms with Crippen molar-refractivity contribution in [1.29, 1.82) is 0 Å². The van der Waals surface area contributed by atoms with Crippen LogP contribution in [0.2, 0.25) is 0 Å². The van der Waals surface area contributed by atoms with Gasteiger partial charge >= 0.3 is 5.97 Å². The molecule has 140 valence electrons. The van der Waals surface area contributed by atoms with Crippen LogP contribution in [-0.2, 0) is 14.3 Å². The monoisotopic (exact) mass is 367 g/mol. The van der Waals surface area contributed by atoms with Crippen molar-refractivity contribution in [2.75, 3.05) is 13.1 Å². The van der Waals surface area contributed by atoms with Gasteiger partial charge in [0.25, 0.3) is 0 Å². The molecular weight excluding hydrogens is 346 g/mol. The van der Waals surface area contributed by atoms with Crippen molar-refractivity contribution < 1.29 is 19.4 Å². The number of Topliss-reactive ketones (excluding diaryl/α,β-unsaturated/α-hetero) is 1. The minimum absolute atomic E-state index is 0.0260. The van der Waals surface area contributed by atoms with E-state index in [1.807, 2.05) is 11.0 Å². The van der Waals surface area contributed by atoms with Gasteiger partial charge in [0.2, 0.25) is 11.7 Å². The maximum absolute atomic E-state index is 12.7. The SMILES string of the molecule is CC1CC(C)CN(C2=C(C(=O)O)C(=O)C(=Cc3c[nH]c4ncccc34)O2)C1. The number of aliphatic carboxylic acids is 1. The topological polar surface area (TPSA) is 95.5 Å². The van der Waals surface area contributed by atoms with Crippen LogP contribution < -0.4 is 0 Å². The highest BCUT2D eigenvalue weighted by Gasteiger charge is 2.40. The molecule has 0 bridgehead atoms. The number of allylic oxidation sites excluding steroid dienone is 1. The third-order valence-corrected chi connectivity index (χ3v) is 5.01. The lowest BCUT2D eigenvalue weighted by Gasteiger charge is -2.36. The quantitative estimate of drug-likeness (QED) is 0.640. The maximum Gasteiger partial charge on any atom is 0.345 e. The van der Waals surface area contributed by atoms with Gasteiger partial charge in [0.05, 0.1) is 0 Å². The van der Waals surface area contributed by atoms with Crippen molar-refractivity contribution in [2.45, 2.75) is 20.3 Å². The summed E-state index contributed by atoms with van der Waals surface area (Å²) in [6.45, 7) is 5.59. The molecule has 2 aliphatic heterocycles. The van der Waals surface area contributed by atoms with Gasteiger partial charge in [0, 0.05) is 36.4 Å². The third kappa shape index (κ3) is 3.09. The van der Waals surface area contributed by atoms with Crippen LogP contribution in [0, 0.1) is 11.8 Å². The number of hydrogen-bond donors (Lipinski definition) is 2. The van der Waals surface area contributed by atoms with Crippen molar-refractivity contribution in [3.05, 3.63) is 47.3 Å². The summed E-state index contributed by atoms with van der Waals surface area (Å²) in [6.07, 6.45) is 6.05. The lowest BCUT2D eigenvalue weighted by molar-refractivity contribution is -0.134. The van der Waals surface area contributed by atoms with E-state index >= 15 is 0 Å². The molecule has 0 aromatic carbocycles.